The zero-order valence-electron chi connectivity index (χ0n) is 13.5. The molecule has 1 aliphatic rings. The van der Waals surface area contributed by atoms with E-state index < -0.39 is 0 Å². The first-order valence-corrected chi connectivity index (χ1v) is 8.18. The van der Waals surface area contributed by atoms with Crippen LogP contribution < -0.4 is 10.2 Å². The highest BCUT2D eigenvalue weighted by molar-refractivity contribution is 6.04. The van der Waals surface area contributed by atoms with Crippen LogP contribution in [0.2, 0.25) is 0 Å². The number of para-hydroxylation sites is 1. The van der Waals surface area contributed by atoms with Crippen molar-refractivity contribution in [1.29, 1.82) is 0 Å². The van der Waals surface area contributed by atoms with E-state index >= 15 is 0 Å². The van der Waals surface area contributed by atoms with E-state index in [0.29, 0.717) is 5.56 Å². The van der Waals surface area contributed by atoms with Gasteiger partial charge in [-0.2, -0.15) is 0 Å². The van der Waals surface area contributed by atoms with E-state index in [9.17, 15) is 4.79 Å². The van der Waals surface area contributed by atoms with Gasteiger partial charge in [-0.1, -0.05) is 31.0 Å². The Hall–Kier alpha value is -2.43. The Bertz CT molecular complexity index is 661. The van der Waals surface area contributed by atoms with E-state index in [2.05, 4.69) is 20.2 Å². The highest BCUT2D eigenvalue weighted by atomic mass is 16.1. The number of anilines is 2. The molecule has 0 atom stereocenters. The molecule has 1 amide bonds. The van der Waals surface area contributed by atoms with E-state index in [0.717, 1.165) is 30.3 Å². The van der Waals surface area contributed by atoms with Gasteiger partial charge in [0.05, 0.1) is 5.56 Å². The fraction of sp³-hybridized carbons (Fsp3) is 0.389. The van der Waals surface area contributed by atoms with Crippen LogP contribution in [0.3, 0.4) is 0 Å². The van der Waals surface area contributed by atoms with Crippen LogP contribution >= 0.6 is 0 Å². The second-order valence-electron chi connectivity index (χ2n) is 5.94. The molecular weight excluding hydrogens is 288 g/mol. The molecule has 1 aliphatic heterocycles. The molecule has 2 heterocycles. The van der Waals surface area contributed by atoms with Gasteiger partial charge in [0.15, 0.2) is 0 Å². The smallest absolute Gasteiger partial charge is 0.258 e. The number of hydrogen-bond donors (Lipinski definition) is 1. The predicted molar refractivity (Wildman–Crippen MR) is 91.8 cm³/mol. The molecule has 2 aromatic rings. The fourth-order valence-corrected chi connectivity index (χ4v) is 2.78. The van der Waals surface area contributed by atoms with Gasteiger partial charge in [0.2, 0.25) is 5.95 Å². The van der Waals surface area contributed by atoms with E-state index in [1.807, 2.05) is 31.2 Å². The van der Waals surface area contributed by atoms with Crippen LogP contribution in [0.25, 0.3) is 0 Å². The molecule has 1 fully saturated rings. The molecule has 1 N–H and O–H groups in total. The number of rotatable bonds is 3. The summed E-state index contributed by atoms with van der Waals surface area (Å²) < 4.78 is 0. The molecule has 0 aliphatic carbocycles. The van der Waals surface area contributed by atoms with Crippen LogP contribution in [0.5, 0.6) is 0 Å². The van der Waals surface area contributed by atoms with Gasteiger partial charge in [-0.3, -0.25) is 4.79 Å². The molecule has 3 rings (SSSR count). The van der Waals surface area contributed by atoms with Crippen LogP contribution in [0.1, 0.15) is 41.6 Å². The maximum Gasteiger partial charge on any atom is 0.258 e. The quantitative estimate of drug-likeness (QED) is 0.943. The van der Waals surface area contributed by atoms with Crippen LogP contribution in [0.4, 0.5) is 11.6 Å². The van der Waals surface area contributed by atoms with E-state index in [1.165, 1.54) is 25.7 Å². The minimum absolute atomic E-state index is 0.179. The summed E-state index contributed by atoms with van der Waals surface area (Å²) in [6, 6.07) is 7.71. The lowest BCUT2D eigenvalue weighted by molar-refractivity contribution is 0.102. The van der Waals surface area contributed by atoms with Crippen molar-refractivity contribution >= 4 is 17.5 Å². The van der Waals surface area contributed by atoms with Gasteiger partial charge in [-0.15, -0.1) is 0 Å². The van der Waals surface area contributed by atoms with Gasteiger partial charge < -0.3 is 10.2 Å². The summed E-state index contributed by atoms with van der Waals surface area (Å²) >= 11 is 0. The molecule has 23 heavy (non-hydrogen) atoms. The largest absolute Gasteiger partial charge is 0.341 e. The number of benzene rings is 1. The molecule has 0 radical (unpaired) electrons. The van der Waals surface area contributed by atoms with Crippen LogP contribution in [0.15, 0.2) is 36.7 Å². The first-order chi connectivity index (χ1) is 11.2. The second-order valence-corrected chi connectivity index (χ2v) is 5.94. The Balaban J connectivity index is 1.69. The van der Waals surface area contributed by atoms with Crippen LogP contribution in [-0.4, -0.2) is 29.0 Å². The third-order valence-corrected chi connectivity index (χ3v) is 4.18. The van der Waals surface area contributed by atoms with Crippen molar-refractivity contribution in [3.63, 3.8) is 0 Å². The molecule has 0 bridgehead atoms. The van der Waals surface area contributed by atoms with E-state index in [4.69, 9.17) is 0 Å². The maximum atomic E-state index is 12.3. The molecule has 1 saturated heterocycles. The number of nitrogens with one attached hydrogen (secondary N) is 1. The van der Waals surface area contributed by atoms with Crippen molar-refractivity contribution in [2.24, 2.45) is 0 Å². The van der Waals surface area contributed by atoms with E-state index in [-0.39, 0.29) is 5.91 Å². The van der Waals surface area contributed by atoms with Gasteiger partial charge in [0.1, 0.15) is 0 Å². The van der Waals surface area contributed by atoms with Gasteiger partial charge in [0.25, 0.3) is 5.91 Å². The maximum absolute atomic E-state index is 12.3. The van der Waals surface area contributed by atoms with Gasteiger partial charge in [0, 0.05) is 31.2 Å². The highest BCUT2D eigenvalue weighted by Crippen LogP contribution is 2.17. The molecule has 1 aromatic carbocycles. The first kappa shape index (κ1) is 15.5. The normalized spacial score (nSPS) is 15.1. The number of aromatic nitrogens is 2. The standard InChI is InChI=1S/C18H22N4O/c1-14-8-4-5-9-16(14)21-17(23)15-12-19-18(20-13-15)22-10-6-2-3-7-11-22/h4-5,8-9,12-13H,2-3,6-7,10-11H2,1H3,(H,21,23). The number of nitrogens with zero attached hydrogens (tertiary/aromatic N) is 3. The molecule has 1 aromatic heterocycles. The molecule has 5 heteroatoms. The third kappa shape index (κ3) is 3.86. The van der Waals surface area contributed by atoms with Gasteiger partial charge in [-0.05, 0) is 31.4 Å². The zero-order chi connectivity index (χ0) is 16.1. The lowest BCUT2D eigenvalue weighted by Crippen LogP contribution is -2.26. The number of carbonyl (C=O) groups excluding carboxylic acids is 1. The fourth-order valence-electron chi connectivity index (χ4n) is 2.78. The van der Waals surface area contributed by atoms with E-state index in [1.54, 1.807) is 12.4 Å². The van der Waals surface area contributed by atoms with Crippen molar-refractivity contribution in [3.05, 3.63) is 47.8 Å². The molecule has 120 valence electrons. The summed E-state index contributed by atoms with van der Waals surface area (Å²) in [5, 5.41) is 2.90. The van der Waals surface area contributed by atoms with Crippen LogP contribution in [0, 0.1) is 6.92 Å². The molecule has 5 nitrogen and oxygen atoms in total. The predicted octanol–water partition coefficient (Wildman–Crippen LogP) is 3.42. The number of carbonyl (C=O) groups is 1. The summed E-state index contributed by atoms with van der Waals surface area (Å²) in [7, 11) is 0. The minimum atomic E-state index is -0.179. The summed E-state index contributed by atoms with van der Waals surface area (Å²) in [5.74, 6) is 0.543. The summed E-state index contributed by atoms with van der Waals surface area (Å²) in [6.07, 6.45) is 8.13. The Morgan fingerprint density at radius 1 is 1.04 bits per heavy atom. The van der Waals surface area contributed by atoms with Crippen molar-refractivity contribution < 1.29 is 4.79 Å². The second kappa shape index (κ2) is 7.22. The zero-order valence-corrected chi connectivity index (χ0v) is 13.5. The topological polar surface area (TPSA) is 58.1 Å². The summed E-state index contributed by atoms with van der Waals surface area (Å²) in [4.78, 5) is 23.3. The minimum Gasteiger partial charge on any atom is -0.341 e. The first-order valence-electron chi connectivity index (χ1n) is 8.18. The van der Waals surface area contributed by atoms with Crippen molar-refractivity contribution in [2.45, 2.75) is 32.6 Å². The average Bonchev–Trinajstić information content (AvgIpc) is 2.86. The molecular formula is C18H22N4O. The molecule has 0 saturated carbocycles. The monoisotopic (exact) mass is 310 g/mol. The van der Waals surface area contributed by atoms with Crippen molar-refractivity contribution in [3.8, 4) is 0 Å². The Labute approximate surface area is 136 Å². The van der Waals surface area contributed by atoms with Crippen molar-refractivity contribution in [2.75, 3.05) is 23.3 Å². The SMILES string of the molecule is Cc1ccccc1NC(=O)c1cnc(N2CCCCCC2)nc1. The average molecular weight is 310 g/mol. The Morgan fingerprint density at radius 2 is 1.70 bits per heavy atom. The Kier molecular flexibility index (Phi) is 4.86. The number of aryl methyl sites for hydroxylation is 1. The summed E-state index contributed by atoms with van der Waals surface area (Å²) in [6.45, 7) is 3.96. The van der Waals surface area contributed by atoms with Gasteiger partial charge >= 0.3 is 0 Å². The number of hydrogen-bond acceptors (Lipinski definition) is 4. The summed E-state index contributed by atoms with van der Waals surface area (Å²) in [5.41, 5.74) is 2.32. The van der Waals surface area contributed by atoms with Gasteiger partial charge in [-0.25, -0.2) is 9.97 Å². The highest BCUT2D eigenvalue weighted by Gasteiger charge is 2.14. The number of amides is 1. The lowest BCUT2D eigenvalue weighted by atomic mass is 10.2. The third-order valence-electron chi connectivity index (χ3n) is 4.18. The lowest BCUT2D eigenvalue weighted by Gasteiger charge is -2.19. The molecule has 0 spiro atoms. The molecule has 0 unspecified atom stereocenters. The van der Waals surface area contributed by atoms with Crippen molar-refractivity contribution in [1.82, 2.24) is 9.97 Å². The Morgan fingerprint density at radius 3 is 2.35 bits per heavy atom. The van der Waals surface area contributed by atoms with Crippen LogP contribution in [-0.2, 0) is 0 Å².